The highest BCUT2D eigenvalue weighted by atomic mass is 127. The molecule has 3 rings (SSSR count). The van der Waals surface area contributed by atoms with E-state index in [9.17, 15) is 0 Å². The molecule has 27 heavy (non-hydrogen) atoms. The van der Waals surface area contributed by atoms with Crippen LogP contribution in [-0.2, 0) is 9.47 Å². The number of guanidine groups is 1. The third-order valence-corrected chi connectivity index (χ3v) is 5.54. The Balaban J connectivity index is 0.00000261. The molecule has 0 spiro atoms. The number of benzene rings is 1. The SMILES string of the molecule is CN=C(NCC1CCCOC1c1ccc(C)cc1)NCC1(C)CCCO1.I. The Hall–Kier alpha value is -0.860. The molecule has 0 saturated carbocycles. The molecule has 2 N–H and O–H groups in total. The predicted molar refractivity (Wildman–Crippen MR) is 121 cm³/mol. The molecule has 2 fully saturated rings. The third-order valence-electron chi connectivity index (χ3n) is 5.54. The van der Waals surface area contributed by atoms with E-state index in [1.165, 1.54) is 17.5 Å². The van der Waals surface area contributed by atoms with Crippen LogP contribution in [0.3, 0.4) is 0 Å². The maximum absolute atomic E-state index is 6.12. The van der Waals surface area contributed by atoms with Gasteiger partial charge in [-0.15, -0.1) is 24.0 Å². The molecule has 5 nitrogen and oxygen atoms in total. The van der Waals surface area contributed by atoms with Crippen LogP contribution in [0.25, 0.3) is 0 Å². The highest BCUT2D eigenvalue weighted by Crippen LogP contribution is 2.33. The van der Waals surface area contributed by atoms with Crippen molar-refractivity contribution in [2.24, 2.45) is 10.9 Å². The standard InChI is InChI=1S/C21H33N3O2.HI/c1-16-7-9-17(10-8-16)19-18(6-4-12-25-19)14-23-20(22-3)24-15-21(2)11-5-13-26-21;/h7-10,18-19H,4-6,11-15H2,1-3H3,(H2,22,23,24);1H. The molecule has 0 bridgehead atoms. The van der Waals surface area contributed by atoms with Gasteiger partial charge in [0.25, 0.3) is 0 Å². The van der Waals surface area contributed by atoms with Crippen LogP contribution in [0, 0.1) is 12.8 Å². The number of hydrogen-bond donors (Lipinski definition) is 2. The normalized spacial score (nSPS) is 28.5. The van der Waals surface area contributed by atoms with Crippen LogP contribution in [0.4, 0.5) is 0 Å². The second kappa shape index (κ2) is 10.6. The molecule has 0 amide bonds. The summed E-state index contributed by atoms with van der Waals surface area (Å²) in [6, 6.07) is 8.73. The summed E-state index contributed by atoms with van der Waals surface area (Å²) in [4.78, 5) is 4.37. The number of halogens is 1. The van der Waals surface area contributed by atoms with Gasteiger partial charge < -0.3 is 20.1 Å². The molecule has 6 heteroatoms. The molecule has 152 valence electrons. The maximum atomic E-state index is 6.12. The van der Waals surface area contributed by atoms with Crippen molar-refractivity contribution < 1.29 is 9.47 Å². The fourth-order valence-corrected chi connectivity index (χ4v) is 3.87. The third kappa shape index (κ3) is 6.32. The molecule has 2 aliphatic rings. The zero-order valence-electron chi connectivity index (χ0n) is 16.8. The summed E-state index contributed by atoms with van der Waals surface area (Å²) in [5.41, 5.74) is 2.49. The van der Waals surface area contributed by atoms with E-state index in [2.05, 4.69) is 53.7 Å². The summed E-state index contributed by atoms with van der Waals surface area (Å²) in [6.07, 6.45) is 4.69. The molecule has 3 atom stereocenters. The Labute approximate surface area is 180 Å². The smallest absolute Gasteiger partial charge is 0.191 e. The first-order chi connectivity index (χ1) is 12.6. The lowest BCUT2D eigenvalue weighted by atomic mass is 9.89. The van der Waals surface area contributed by atoms with Crippen molar-refractivity contribution in [2.45, 2.75) is 51.2 Å². The minimum Gasteiger partial charge on any atom is -0.373 e. The van der Waals surface area contributed by atoms with Crippen LogP contribution in [0.1, 0.15) is 49.8 Å². The minimum absolute atomic E-state index is 0. The molecule has 2 aliphatic heterocycles. The number of hydrogen-bond acceptors (Lipinski definition) is 3. The topological polar surface area (TPSA) is 54.9 Å². The van der Waals surface area contributed by atoms with E-state index in [4.69, 9.17) is 9.47 Å². The average Bonchev–Trinajstić information content (AvgIpc) is 3.10. The molecule has 3 unspecified atom stereocenters. The van der Waals surface area contributed by atoms with Gasteiger partial charge in [-0.3, -0.25) is 4.99 Å². The lowest BCUT2D eigenvalue weighted by Gasteiger charge is -2.33. The summed E-state index contributed by atoms with van der Waals surface area (Å²) >= 11 is 0. The van der Waals surface area contributed by atoms with Crippen LogP contribution in [0.2, 0.25) is 0 Å². The van der Waals surface area contributed by atoms with Crippen molar-refractivity contribution in [1.29, 1.82) is 0 Å². The van der Waals surface area contributed by atoms with E-state index in [1.807, 2.05) is 7.05 Å². The van der Waals surface area contributed by atoms with E-state index in [-0.39, 0.29) is 35.7 Å². The summed E-state index contributed by atoms with van der Waals surface area (Å²) in [5, 5.41) is 6.92. The van der Waals surface area contributed by atoms with Crippen molar-refractivity contribution in [2.75, 3.05) is 33.4 Å². The number of nitrogens with zero attached hydrogens (tertiary/aromatic N) is 1. The van der Waals surface area contributed by atoms with Crippen molar-refractivity contribution in [1.82, 2.24) is 10.6 Å². The van der Waals surface area contributed by atoms with Crippen LogP contribution < -0.4 is 10.6 Å². The van der Waals surface area contributed by atoms with Gasteiger partial charge in [0.2, 0.25) is 0 Å². The number of aliphatic imine (C=N–C) groups is 1. The summed E-state index contributed by atoms with van der Waals surface area (Å²) in [5.74, 6) is 1.29. The Bertz CT molecular complexity index is 600. The van der Waals surface area contributed by atoms with Crippen LogP contribution in [0.15, 0.2) is 29.3 Å². The van der Waals surface area contributed by atoms with Gasteiger partial charge in [-0.1, -0.05) is 29.8 Å². The summed E-state index contributed by atoms with van der Waals surface area (Å²) < 4.78 is 12.0. The number of rotatable bonds is 5. The van der Waals surface area contributed by atoms with Crippen LogP contribution in [-0.4, -0.2) is 44.9 Å². The largest absolute Gasteiger partial charge is 0.373 e. The van der Waals surface area contributed by atoms with Gasteiger partial charge in [-0.05, 0) is 45.1 Å². The van der Waals surface area contributed by atoms with Crippen molar-refractivity contribution in [3.05, 3.63) is 35.4 Å². The fraction of sp³-hybridized carbons (Fsp3) is 0.667. The Morgan fingerprint density at radius 1 is 1.19 bits per heavy atom. The maximum Gasteiger partial charge on any atom is 0.191 e. The van der Waals surface area contributed by atoms with E-state index >= 15 is 0 Å². The van der Waals surface area contributed by atoms with Gasteiger partial charge in [-0.2, -0.15) is 0 Å². The highest BCUT2D eigenvalue weighted by molar-refractivity contribution is 14.0. The second-order valence-electron chi connectivity index (χ2n) is 7.81. The van der Waals surface area contributed by atoms with Crippen LogP contribution >= 0.6 is 24.0 Å². The van der Waals surface area contributed by atoms with Gasteiger partial charge in [-0.25, -0.2) is 0 Å². The number of ether oxygens (including phenoxy) is 2. The second-order valence-corrected chi connectivity index (χ2v) is 7.81. The Kier molecular flexibility index (Phi) is 8.82. The molecule has 0 aromatic heterocycles. The van der Waals surface area contributed by atoms with E-state index in [0.717, 1.165) is 51.5 Å². The molecule has 1 aromatic carbocycles. The minimum atomic E-state index is -0.0734. The highest BCUT2D eigenvalue weighted by Gasteiger charge is 2.30. The molecule has 1 aromatic rings. The van der Waals surface area contributed by atoms with E-state index < -0.39 is 0 Å². The molecule has 2 saturated heterocycles. The first-order valence-electron chi connectivity index (χ1n) is 9.86. The first-order valence-corrected chi connectivity index (χ1v) is 9.86. The van der Waals surface area contributed by atoms with E-state index in [1.54, 1.807) is 0 Å². The quantitative estimate of drug-likeness (QED) is 0.377. The average molecular weight is 487 g/mol. The molecule has 2 heterocycles. The summed E-state index contributed by atoms with van der Waals surface area (Å²) in [7, 11) is 1.82. The van der Waals surface area contributed by atoms with Crippen molar-refractivity contribution in [3.8, 4) is 0 Å². The van der Waals surface area contributed by atoms with Crippen molar-refractivity contribution >= 4 is 29.9 Å². The predicted octanol–water partition coefficient (Wildman–Crippen LogP) is 3.81. The molecule has 0 aliphatic carbocycles. The van der Waals surface area contributed by atoms with Gasteiger partial charge in [0.05, 0.1) is 11.7 Å². The molecular formula is C21H34IN3O2. The van der Waals surface area contributed by atoms with Gasteiger partial charge in [0.1, 0.15) is 0 Å². The number of aryl methyl sites for hydroxylation is 1. The first kappa shape index (κ1) is 22.4. The monoisotopic (exact) mass is 487 g/mol. The van der Waals surface area contributed by atoms with Gasteiger partial charge >= 0.3 is 0 Å². The van der Waals surface area contributed by atoms with Crippen molar-refractivity contribution in [3.63, 3.8) is 0 Å². The van der Waals surface area contributed by atoms with Crippen LogP contribution in [0.5, 0.6) is 0 Å². The lowest BCUT2D eigenvalue weighted by molar-refractivity contribution is -0.0266. The number of nitrogens with one attached hydrogen (secondary N) is 2. The zero-order chi connectivity index (χ0) is 18.4. The molecule has 0 radical (unpaired) electrons. The Morgan fingerprint density at radius 3 is 2.63 bits per heavy atom. The van der Waals surface area contributed by atoms with Gasteiger partial charge in [0, 0.05) is 39.3 Å². The molecular weight excluding hydrogens is 453 g/mol. The fourth-order valence-electron chi connectivity index (χ4n) is 3.87. The van der Waals surface area contributed by atoms with Gasteiger partial charge in [0.15, 0.2) is 5.96 Å². The van der Waals surface area contributed by atoms with E-state index in [0.29, 0.717) is 5.92 Å². The zero-order valence-corrected chi connectivity index (χ0v) is 19.1. The summed E-state index contributed by atoms with van der Waals surface area (Å²) in [6.45, 7) is 7.64. The lowest BCUT2D eigenvalue weighted by Crippen LogP contribution is -2.47. The Morgan fingerprint density at radius 2 is 1.96 bits per heavy atom.